The van der Waals surface area contributed by atoms with Crippen LogP contribution in [-0.2, 0) is 4.74 Å². The lowest BCUT2D eigenvalue weighted by Gasteiger charge is -2.05. The molecule has 0 spiro atoms. The normalized spacial score (nSPS) is 10.4. The number of hydrogen-bond donors (Lipinski definition) is 0. The van der Waals surface area contributed by atoms with Gasteiger partial charge >= 0.3 is 11.7 Å². The fourth-order valence-electron chi connectivity index (χ4n) is 1.65. The number of carbonyl (C=O) groups is 1. The van der Waals surface area contributed by atoms with Gasteiger partial charge in [0.2, 0.25) is 5.82 Å². The first kappa shape index (κ1) is 14.6. The van der Waals surface area contributed by atoms with Crippen molar-refractivity contribution in [1.29, 1.82) is 0 Å². The van der Waals surface area contributed by atoms with Crippen LogP contribution >= 0.6 is 0 Å². The van der Waals surface area contributed by atoms with Crippen molar-refractivity contribution < 1.29 is 23.2 Å². The molecule has 0 unspecified atom stereocenters. The lowest BCUT2D eigenvalue weighted by atomic mass is 10.2. The van der Waals surface area contributed by atoms with Gasteiger partial charge in [-0.25, -0.2) is 13.9 Å². The van der Waals surface area contributed by atoms with E-state index in [-0.39, 0.29) is 12.2 Å². The Kier molecular flexibility index (Phi) is 3.92. The lowest BCUT2D eigenvalue weighted by Crippen LogP contribution is -2.06. The van der Waals surface area contributed by atoms with Crippen molar-refractivity contribution in [2.45, 2.75) is 6.92 Å². The molecule has 0 atom stereocenters. The summed E-state index contributed by atoms with van der Waals surface area (Å²) in [5.74, 6) is -3.13. The maximum Gasteiger partial charge on any atom is 0.341 e. The summed E-state index contributed by atoms with van der Waals surface area (Å²) < 4.78 is 33.1. The molecule has 1 aromatic carbocycles. The molecule has 0 aliphatic carbocycles. The van der Waals surface area contributed by atoms with Crippen molar-refractivity contribution in [3.8, 4) is 5.69 Å². The van der Waals surface area contributed by atoms with Gasteiger partial charge in [-0.1, -0.05) is 0 Å². The van der Waals surface area contributed by atoms with E-state index in [0.29, 0.717) is 10.7 Å². The van der Waals surface area contributed by atoms with Crippen LogP contribution in [0.15, 0.2) is 24.5 Å². The van der Waals surface area contributed by atoms with Crippen molar-refractivity contribution in [3.63, 3.8) is 0 Å². The fourth-order valence-corrected chi connectivity index (χ4v) is 1.65. The molecule has 0 radical (unpaired) electrons. The molecule has 0 bridgehead atoms. The first-order valence-electron chi connectivity index (χ1n) is 5.80. The van der Waals surface area contributed by atoms with Crippen molar-refractivity contribution in [3.05, 3.63) is 51.8 Å². The molecule has 0 amide bonds. The standard InChI is InChI=1S/C12H9F2N3O4/c1-2-21-12(18)7-5-15-16(6-7)11-8(13)3-4-9(10(11)14)17(19)20/h3-6H,2H2,1H3. The smallest absolute Gasteiger partial charge is 0.341 e. The number of rotatable bonds is 4. The summed E-state index contributed by atoms with van der Waals surface area (Å²) in [4.78, 5) is 21.1. The van der Waals surface area contributed by atoms with Gasteiger partial charge in [0.25, 0.3) is 0 Å². The number of halogens is 2. The lowest BCUT2D eigenvalue weighted by molar-refractivity contribution is -0.387. The molecule has 0 aliphatic rings. The van der Waals surface area contributed by atoms with Gasteiger partial charge in [0, 0.05) is 12.3 Å². The van der Waals surface area contributed by atoms with E-state index in [2.05, 4.69) is 5.10 Å². The molecular formula is C12H9F2N3O4. The minimum absolute atomic E-state index is 0.0258. The second-order valence-electron chi connectivity index (χ2n) is 3.88. The summed E-state index contributed by atoms with van der Waals surface area (Å²) in [6.07, 6.45) is 2.08. The van der Waals surface area contributed by atoms with E-state index < -0.39 is 33.9 Å². The third kappa shape index (κ3) is 2.71. The number of carbonyl (C=O) groups excluding carboxylic acids is 1. The van der Waals surface area contributed by atoms with Gasteiger partial charge in [-0.15, -0.1) is 0 Å². The van der Waals surface area contributed by atoms with Crippen LogP contribution in [0.25, 0.3) is 5.69 Å². The molecule has 2 rings (SSSR count). The summed E-state index contributed by atoms with van der Waals surface area (Å²) in [6.45, 7) is 1.73. The van der Waals surface area contributed by atoms with Crippen LogP contribution in [0.3, 0.4) is 0 Å². The quantitative estimate of drug-likeness (QED) is 0.490. The van der Waals surface area contributed by atoms with E-state index in [1.807, 2.05) is 0 Å². The van der Waals surface area contributed by atoms with Crippen molar-refractivity contribution in [1.82, 2.24) is 9.78 Å². The number of ether oxygens (including phenoxy) is 1. The molecule has 0 N–H and O–H groups in total. The van der Waals surface area contributed by atoms with E-state index in [4.69, 9.17) is 4.74 Å². The molecule has 0 saturated heterocycles. The molecule has 0 saturated carbocycles. The predicted octanol–water partition coefficient (Wildman–Crippen LogP) is 2.24. The first-order valence-corrected chi connectivity index (χ1v) is 5.80. The fraction of sp³-hybridized carbons (Fsp3) is 0.167. The minimum Gasteiger partial charge on any atom is -0.462 e. The van der Waals surface area contributed by atoms with Crippen LogP contribution < -0.4 is 0 Å². The monoisotopic (exact) mass is 297 g/mol. The Morgan fingerprint density at radius 1 is 1.48 bits per heavy atom. The number of nitro groups is 1. The van der Waals surface area contributed by atoms with Crippen LogP contribution in [0.5, 0.6) is 0 Å². The van der Waals surface area contributed by atoms with Crippen LogP contribution in [0.1, 0.15) is 17.3 Å². The van der Waals surface area contributed by atoms with E-state index in [0.717, 1.165) is 18.5 Å². The molecule has 1 heterocycles. The van der Waals surface area contributed by atoms with E-state index in [1.165, 1.54) is 0 Å². The van der Waals surface area contributed by atoms with Gasteiger partial charge < -0.3 is 4.74 Å². The van der Waals surface area contributed by atoms with Gasteiger partial charge in [-0.05, 0) is 13.0 Å². The summed E-state index contributed by atoms with van der Waals surface area (Å²) >= 11 is 0. The first-order chi connectivity index (χ1) is 9.95. The highest BCUT2D eigenvalue weighted by Gasteiger charge is 2.24. The highest BCUT2D eigenvalue weighted by atomic mass is 19.1. The Bertz CT molecular complexity index is 715. The van der Waals surface area contributed by atoms with Gasteiger partial charge in [0.15, 0.2) is 5.82 Å². The van der Waals surface area contributed by atoms with Gasteiger partial charge in [-0.2, -0.15) is 9.49 Å². The van der Waals surface area contributed by atoms with Crippen LogP contribution in [0.2, 0.25) is 0 Å². The third-order valence-electron chi connectivity index (χ3n) is 2.57. The number of nitro benzene ring substituents is 1. The van der Waals surface area contributed by atoms with Gasteiger partial charge in [0.05, 0.1) is 23.3 Å². The molecular weight excluding hydrogens is 288 g/mol. The average Bonchev–Trinajstić information content (AvgIpc) is 2.88. The number of esters is 1. The van der Waals surface area contributed by atoms with E-state index >= 15 is 0 Å². The van der Waals surface area contributed by atoms with Gasteiger partial charge in [-0.3, -0.25) is 10.1 Å². The molecule has 0 fully saturated rings. The largest absolute Gasteiger partial charge is 0.462 e. The molecule has 1 aromatic heterocycles. The van der Waals surface area contributed by atoms with Crippen molar-refractivity contribution >= 4 is 11.7 Å². The summed E-state index contributed by atoms with van der Waals surface area (Å²) in [5, 5.41) is 14.3. The highest BCUT2D eigenvalue weighted by Crippen LogP contribution is 2.26. The predicted molar refractivity (Wildman–Crippen MR) is 66.1 cm³/mol. The minimum atomic E-state index is -1.38. The van der Waals surface area contributed by atoms with Crippen LogP contribution in [-0.4, -0.2) is 27.3 Å². The molecule has 2 aromatic rings. The maximum atomic E-state index is 14.0. The second-order valence-corrected chi connectivity index (χ2v) is 3.88. The maximum absolute atomic E-state index is 14.0. The number of nitrogens with zero attached hydrogens (tertiary/aromatic N) is 3. The Morgan fingerprint density at radius 3 is 2.81 bits per heavy atom. The van der Waals surface area contributed by atoms with Crippen LogP contribution in [0, 0.1) is 21.7 Å². The topological polar surface area (TPSA) is 87.3 Å². The molecule has 21 heavy (non-hydrogen) atoms. The number of benzene rings is 1. The molecule has 110 valence electrons. The Morgan fingerprint density at radius 2 is 2.19 bits per heavy atom. The zero-order valence-corrected chi connectivity index (χ0v) is 10.7. The Balaban J connectivity index is 2.50. The number of hydrogen-bond acceptors (Lipinski definition) is 5. The van der Waals surface area contributed by atoms with E-state index in [1.54, 1.807) is 6.92 Å². The molecule has 0 aliphatic heterocycles. The Hall–Kier alpha value is -2.84. The number of aromatic nitrogens is 2. The summed E-state index contributed by atoms with van der Waals surface area (Å²) in [6, 6.07) is 1.46. The van der Waals surface area contributed by atoms with Crippen molar-refractivity contribution in [2.75, 3.05) is 6.61 Å². The highest BCUT2D eigenvalue weighted by molar-refractivity contribution is 5.88. The summed E-state index contributed by atoms with van der Waals surface area (Å²) in [5.41, 5.74) is -1.65. The average molecular weight is 297 g/mol. The van der Waals surface area contributed by atoms with Gasteiger partial charge in [0.1, 0.15) is 5.69 Å². The second kappa shape index (κ2) is 5.65. The Labute approximate surface area is 116 Å². The zero-order valence-electron chi connectivity index (χ0n) is 10.7. The SMILES string of the molecule is CCOC(=O)c1cnn(-c2c(F)ccc([N+](=O)[O-])c2F)c1. The van der Waals surface area contributed by atoms with Crippen LogP contribution in [0.4, 0.5) is 14.5 Å². The van der Waals surface area contributed by atoms with Crippen molar-refractivity contribution in [2.24, 2.45) is 0 Å². The molecule has 9 heteroatoms. The molecule has 7 nitrogen and oxygen atoms in total. The third-order valence-corrected chi connectivity index (χ3v) is 2.57. The van der Waals surface area contributed by atoms with E-state index in [9.17, 15) is 23.7 Å². The zero-order chi connectivity index (χ0) is 15.6. The summed E-state index contributed by atoms with van der Waals surface area (Å²) in [7, 11) is 0.